The molecule has 2 aromatic carbocycles. The van der Waals surface area contributed by atoms with Crippen LogP contribution >= 0.6 is 0 Å². The minimum Gasteiger partial charge on any atom is -0.496 e. The van der Waals surface area contributed by atoms with Crippen molar-refractivity contribution in [1.29, 1.82) is 0 Å². The maximum Gasteiger partial charge on any atom is 0.262 e. The summed E-state index contributed by atoms with van der Waals surface area (Å²) in [7, 11) is 6.13. The van der Waals surface area contributed by atoms with Crippen LogP contribution in [0.2, 0.25) is 0 Å². The molecule has 1 heterocycles. The average Bonchev–Trinajstić information content (AvgIpc) is 2.80. The molecule has 0 spiro atoms. The Morgan fingerprint density at radius 1 is 1.07 bits per heavy atom. The summed E-state index contributed by atoms with van der Waals surface area (Å²) in [6.45, 7) is 0.100. The Morgan fingerprint density at radius 2 is 1.73 bits per heavy atom. The average molecular weight is 412 g/mol. The molecule has 2 aromatic rings. The summed E-state index contributed by atoms with van der Waals surface area (Å²) in [4.78, 5) is 26.6. The Morgan fingerprint density at radius 3 is 2.40 bits per heavy atom. The van der Waals surface area contributed by atoms with E-state index < -0.39 is 6.10 Å². The van der Waals surface area contributed by atoms with Gasteiger partial charge in [0.25, 0.3) is 11.8 Å². The maximum atomic E-state index is 13.0. The number of anilines is 1. The van der Waals surface area contributed by atoms with Gasteiger partial charge in [-0.05, 0) is 24.3 Å². The molecule has 0 saturated carbocycles. The number of methoxy groups -OCH3 is 3. The highest BCUT2D eigenvalue weighted by Crippen LogP contribution is 2.36. The molecule has 1 atom stereocenters. The summed E-state index contributed by atoms with van der Waals surface area (Å²) in [5.74, 6) is 1.45. The summed E-state index contributed by atoms with van der Waals surface area (Å²) < 4.78 is 21.7. The Kier molecular flexibility index (Phi) is 6.46. The number of carbonyl (C=O) groups excluding carboxylic acids is 2. The van der Waals surface area contributed by atoms with E-state index in [-0.39, 0.29) is 18.4 Å². The summed E-state index contributed by atoms with van der Waals surface area (Å²) in [6, 6.07) is 10.5. The second kappa shape index (κ2) is 9.21. The van der Waals surface area contributed by atoms with Gasteiger partial charge < -0.3 is 29.2 Å². The molecule has 2 amide bonds. The first kappa shape index (κ1) is 21.0. The van der Waals surface area contributed by atoms with E-state index in [1.54, 1.807) is 36.4 Å². The van der Waals surface area contributed by atoms with Crippen molar-refractivity contribution in [3.8, 4) is 23.0 Å². The normalized spacial score (nSPS) is 15.2. The highest BCUT2D eigenvalue weighted by Gasteiger charge is 2.32. The van der Waals surface area contributed by atoms with Gasteiger partial charge in [0.1, 0.15) is 11.5 Å². The molecule has 30 heavy (non-hydrogen) atoms. The topological polar surface area (TPSA) is 86.3 Å². The van der Waals surface area contributed by atoms with Crippen molar-refractivity contribution in [1.82, 2.24) is 5.32 Å². The SMILES string of the molecule is CNC(=O)[C@H]1CN(C(=O)/C=C/c2cc(OC)c(OC)cc2OC)c2ccccc2O1. The molecular formula is C22H24N2O6. The predicted molar refractivity (Wildman–Crippen MR) is 112 cm³/mol. The molecule has 1 aliphatic heterocycles. The lowest BCUT2D eigenvalue weighted by atomic mass is 10.1. The largest absolute Gasteiger partial charge is 0.496 e. The van der Waals surface area contributed by atoms with Gasteiger partial charge in [-0.3, -0.25) is 9.59 Å². The smallest absolute Gasteiger partial charge is 0.262 e. The highest BCUT2D eigenvalue weighted by atomic mass is 16.5. The molecule has 0 aromatic heterocycles. The van der Waals surface area contributed by atoms with Crippen molar-refractivity contribution in [2.45, 2.75) is 6.10 Å². The van der Waals surface area contributed by atoms with E-state index in [2.05, 4.69) is 5.32 Å². The third-order valence-corrected chi connectivity index (χ3v) is 4.72. The third-order valence-electron chi connectivity index (χ3n) is 4.72. The van der Waals surface area contributed by atoms with Crippen LogP contribution in [0, 0.1) is 0 Å². The van der Waals surface area contributed by atoms with Crippen LogP contribution in [0.3, 0.4) is 0 Å². The zero-order valence-electron chi connectivity index (χ0n) is 17.3. The van der Waals surface area contributed by atoms with E-state index >= 15 is 0 Å². The molecule has 0 radical (unpaired) electrons. The van der Waals surface area contributed by atoms with Gasteiger partial charge in [0.15, 0.2) is 17.6 Å². The van der Waals surface area contributed by atoms with Gasteiger partial charge in [-0.1, -0.05) is 12.1 Å². The Hall–Kier alpha value is -3.68. The number of amides is 2. The van der Waals surface area contributed by atoms with E-state index in [9.17, 15) is 9.59 Å². The lowest BCUT2D eigenvalue weighted by molar-refractivity contribution is -0.127. The van der Waals surface area contributed by atoms with Gasteiger partial charge in [0, 0.05) is 24.8 Å². The predicted octanol–water partition coefficient (Wildman–Crippen LogP) is 2.27. The van der Waals surface area contributed by atoms with Gasteiger partial charge in [0.05, 0.1) is 33.6 Å². The minimum absolute atomic E-state index is 0.100. The number of benzene rings is 2. The summed E-state index contributed by atoms with van der Waals surface area (Å²) in [5, 5.41) is 2.56. The van der Waals surface area contributed by atoms with Crippen molar-refractivity contribution >= 4 is 23.6 Å². The Balaban J connectivity index is 1.91. The number of nitrogens with one attached hydrogen (secondary N) is 1. The van der Waals surface area contributed by atoms with E-state index in [1.165, 1.54) is 39.4 Å². The van der Waals surface area contributed by atoms with E-state index in [0.29, 0.717) is 34.2 Å². The quantitative estimate of drug-likeness (QED) is 0.733. The summed E-state index contributed by atoms with van der Waals surface area (Å²) >= 11 is 0. The third kappa shape index (κ3) is 4.17. The molecule has 0 unspecified atom stereocenters. The fourth-order valence-corrected chi connectivity index (χ4v) is 3.17. The van der Waals surface area contributed by atoms with Crippen LogP contribution in [0.1, 0.15) is 5.56 Å². The molecule has 0 saturated heterocycles. The molecule has 0 fully saturated rings. The van der Waals surface area contributed by atoms with Crippen LogP contribution in [-0.4, -0.2) is 52.8 Å². The van der Waals surface area contributed by atoms with E-state index in [1.807, 2.05) is 6.07 Å². The number of para-hydroxylation sites is 2. The molecule has 3 rings (SSSR count). The number of fused-ring (bicyclic) bond motifs is 1. The minimum atomic E-state index is -0.794. The van der Waals surface area contributed by atoms with Crippen LogP contribution in [0.4, 0.5) is 5.69 Å². The van der Waals surface area contributed by atoms with Crippen molar-refractivity contribution in [2.24, 2.45) is 0 Å². The van der Waals surface area contributed by atoms with Gasteiger partial charge in [0.2, 0.25) is 0 Å². The summed E-state index contributed by atoms with van der Waals surface area (Å²) in [5.41, 5.74) is 1.25. The fraction of sp³-hybridized carbons (Fsp3) is 0.273. The second-order valence-corrected chi connectivity index (χ2v) is 6.42. The molecule has 8 heteroatoms. The van der Waals surface area contributed by atoms with Crippen molar-refractivity contribution in [2.75, 3.05) is 39.8 Å². The van der Waals surface area contributed by atoms with Crippen molar-refractivity contribution in [3.05, 3.63) is 48.0 Å². The van der Waals surface area contributed by atoms with Crippen LogP contribution in [-0.2, 0) is 9.59 Å². The zero-order chi connectivity index (χ0) is 21.7. The molecule has 0 bridgehead atoms. The van der Waals surface area contributed by atoms with Crippen molar-refractivity contribution < 1.29 is 28.5 Å². The number of hydrogen-bond donors (Lipinski definition) is 1. The number of ether oxygens (including phenoxy) is 4. The molecule has 0 aliphatic carbocycles. The number of hydrogen-bond acceptors (Lipinski definition) is 6. The summed E-state index contributed by atoms with van der Waals surface area (Å²) in [6.07, 6.45) is 2.26. The Labute approximate surface area is 175 Å². The number of carbonyl (C=O) groups is 2. The zero-order valence-corrected chi connectivity index (χ0v) is 17.3. The van der Waals surface area contributed by atoms with Gasteiger partial charge in [-0.15, -0.1) is 0 Å². The molecule has 1 aliphatic rings. The first-order valence-corrected chi connectivity index (χ1v) is 9.29. The fourth-order valence-electron chi connectivity index (χ4n) is 3.17. The second-order valence-electron chi connectivity index (χ2n) is 6.42. The maximum absolute atomic E-state index is 13.0. The number of rotatable bonds is 6. The van der Waals surface area contributed by atoms with Crippen LogP contribution in [0.15, 0.2) is 42.5 Å². The lowest BCUT2D eigenvalue weighted by Crippen LogP contribution is -2.49. The molecule has 1 N–H and O–H groups in total. The van der Waals surface area contributed by atoms with E-state index in [4.69, 9.17) is 18.9 Å². The van der Waals surface area contributed by atoms with Gasteiger partial charge in [-0.25, -0.2) is 0 Å². The Bertz CT molecular complexity index is 972. The first-order valence-electron chi connectivity index (χ1n) is 9.29. The van der Waals surface area contributed by atoms with Crippen LogP contribution in [0.5, 0.6) is 23.0 Å². The van der Waals surface area contributed by atoms with Gasteiger partial charge >= 0.3 is 0 Å². The monoisotopic (exact) mass is 412 g/mol. The van der Waals surface area contributed by atoms with Crippen LogP contribution < -0.4 is 29.2 Å². The molecule has 158 valence electrons. The van der Waals surface area contributed by atoms with Crippen LogP contribution in [0.25, 0.3) is 6.08 Å². The molecular weight excluding hydrogens is 388 g/mol. The number of likely N-dealkylation sites (N-methyl/N-ethyl adjacent to an activating group) is 1. The van der Waals surface area contributed by atoms with Crippen molar-refractivity contribution in [3.63, 3.8) is 0 Å². The van der Waals surface area contributed by atoms with E-state index in [0.717, 1.165) is 0 Å². The first-order chi connectivity index (χ1) is 14.5. The van der Waals surface area contributed by atoms with Gasteiger partial charge in [-0.2, -0.15) is 0 Å². The lowest BCUT2D eigenvalue weighted by Gasteiger charge is -2.33. The molecule has 8 nitrogen and oxygen atoms in total. The number of nitrogens with zero attached hydrogens (tertiary/aromatic N) is 1. The standard InChI is InChI=1S/C22H24N2O6/c1-23-22(26)20-13-24(15-7-5-6-8-16(15)30-20)21(25)10-9-14-11-18(28-3)19(29-4)12-17(14)27-2/h5-12,20H,13H2,1-4H3,(H,23,26)/b10-9+/t20-/m1/s1. The highest BCUT2D eigenvalue weighted by molar-refractivity contribution is 6.06.